The number of benzene rings is 1. The summed E-state index contributed by atoms with van der Waals surface area (Å²) in [7, 11) is 1.51. The van der Waals surface area contributed by atoms with Crippen molar-refractivity contribution in [3.63, 3.8) is 0 Å². The second kappa shape index (κ2) is 5.76. The van der Waals surface area contributed by atoms with Gasteiger partial charge >= 0.3 is 0 Å². The topological polar surface area (TPSA) is 29.5 Å². The minimum Gasteiger partial charge on any atom is -0.390 e. The van der Waals surface area contributed by atoms with Crippen molar-refractivity contribution in [2.45, 2.75) is 39.4 Å². The van der Waals surface area contributed by atoms with Gasteiger partial charge in [-0.05, 0) is 17.0 Å². The molecule has 1 N–H and O–H groups in total. The van der Waals surface area contributed by atoms with E-state index in [0.717, 1.165) is 6.07 Å². The first-order valence-electron chi connectivity index (χ1n) is 5.90. The van der Waals surface area contributed by atoms with Gasteiger partial charge in [-0.2, -0.15) is 0 Å². The van der Waals surface area contributed by atoms with Gasteiger partial charge in [-0.1, -0.05) is 26.8 Å². The molecule has 0 heterocycles. The molecule has 2 nitrogen and oxygen atoms in total. The first-order chi connectivity index (χ1) is 8.25. The lowest BCUT2D eigenvalue weighted by molar-refractivity contribution is -0.0701. The number of rotatable bonds is 4. The fraction of sp³-hybridized carbons (Fsp3) is 0.571. The van der Waals surface area contributed by atoms with Crippen LogP contribution < -0.4 is 0 Å². The fourth-order valence-corrected chi connectivity index (χ4v) is 2.11. The third-order valence-corrected chi connectivity index (χ3v) is 2.90. The van der Waals surface area contributed by atoms with Crippen LogP contribution in [0.2, 0.25) is 0 Å². The summed E-state index contributed by atoms with van der Waals surface area (Å²) in [4.78, 5) is 0. The van der Waals surface area contributed by atoms with Crippen molar-refractivity contribution in [1.82, 2.24) is 0 Å². The van der Waals surface area contributed by atoms with Crippen molar-refractivity contribution in [3.8, 4) is 0 Å². The zero-order chi connectivity index (χ0) is 13.9. The molecular weight excluding hydrogens is 238 g/mol. The highest BCUT2D eigenvalue weighted by Crippen LogP contribution is 2.26. The number of ether oxygens (including phenoxy) is 1. The Bertz CT molecular complexity index is 399. The van der Waals surface area contributed by atoms with Crippen molar-refractivity contribution in [2.75, 3.05) is 7.11 Å². The van der Waals surface area contributed by atoms with E-state index in [-0.39, 0.29) is 17.4 Å². The maximum Gasteiger partial charge on any atom is 0.129 e. The highest BCUT2D eigenvalue weighted by Gasteiger charge is 2.31. The van der Waals surface area contributed by atoms with Gasteiger partial charge in [-0.15, -0.1) is 0 Å². The van der Waals surface area contributed by atoms with E-state index in [9.17, 15) is 13.9 Å². The summed E-state index contributed by atoms with van der Waals surface area (Å²) in [6.07, 6.45) is -1.15. The maximum absolute atomic E-state index is 13.5. The van der Waals surface area contributed by atoms with E-state index < -0.39 is 23.8 Å². The van der Waals surface area contributed by atoms with E-state index in [0.29, 0.717) is 0 Å². The van der Waals surface area contributed by atoms with E-state index in [2.05, 4.69) is 0 Å². The molecule has 0 aliphatic carbocycles. The van der Waals surface area contributed by atoms with Gasteiger partial charge < -0.3 is 9.84 Å². The Labute approximate surface area is 107 Å². The molecule has 0 saturated heterocycles. The number of halogens is 2. The van der Waals surface area contributed by atoms with Crippen LogP contribution in [0.1, 0.15) is 26.3 Å². The SMILES string of the molecule is COC(C(O)Cc1ccc(F)cc1F)C(C)(C)C. The predicted molar refractivity (Wildman–Crippen MR) is 66.3 cm³/mol. The van der Waals surface area contributed by atoms with Gasteiger partial charge in [0.25, 0.3) is 0 Å². The Morgan fingerprint density at radius 2 is 1.89 bits per heavy atom. The van der Waals surface area contributed by atoms with Crippen molar-refractivity contribution in [1.29, 1.82) is 0 Å². The molecule has 0 aliphatic heterocycles. The van der Waals surface area contributed by atoms with Crippen LogP contribution in [0.25, 0.3) is 0 Å². The molecule has 1 rings (SSSR count). The molecule has 0 fully saturated rings. The molecule has 1 aromatic rings. The summed E-state index contributed by atoms with van der Waals surface area (Å²) >= 11 is 0. The maximum atomic E-state index is 13.5. The van der Waals surface area contributed by atoms with Gasteiger partial charge in [0.05, 0.1) is 12.2 Å². The molecule has 18 heavy (non-hydrogen) atoms. The van der Waals surface area contributed by atoms with Gasteiger partial charge in [-0.25, -0.2) is 8.78 Å². The molecule has 102 valence electrons. The fourth-order valence-electron chi connectivity index (χ4n) is 2.11. The quantitative estimate of drug-likeness (QED) is 0.899. The van der Waals surface area contributed by atoms with E-state index >= 15 is 0 Å². The Balaban J connectivity index is 2.83. The molecule has 2 atom stereocenters. The van der Waals surface area contributed by atoms with Gasteiger partial charge in [0.15, 0.2) is 0 Å². The first-order valence-corrected chi connectivity index (χ1v) is 5.90. The van der Waals surface area contributed by atoms with E-state index in [1.165, 1.54) is 19.2 Å². The smallest absolute Gasteiger partial charge is 0.129 e. The van der Waals surface area contributed by atoms with Crippen LogP contribution in [0.5, 0.6) is 0 Å². The average Bonchev–Trinajstić information content (AvgIpc) is 2.21. The molecule has 0 spiro atoms. The Morgan fingerprint density at radius 1 is 1.28 bits per heavy atom. The molecular formula is C14H20F2O2. The predicted octanol–water partition coefficient (Wildman–Crippen LogP) is 2.93. The van der Waals surface area contributed by atoms with Gasteiger partial charge in [0.2, 0.25) is 0 Å². The van der Waals surface area contributed by atoms with Crippen LogP contribution in [0.3, 0.4) is 0 Å². The highest BCUT2D eigenvalue weighted by molar-refractivity contribution is 5.19. The Hall–Kier alpha value is -1.00. The van der Waals surface area contributed by atoms with Crippen LogP contribution in [0.4, 0.5) is 8.78 Å². The van der Waals surface area contributed by atoms with Crippen LogP contribution in [0.15, 0.2) is 18.2 Å². The molecule has 0 amide bonds. The lowest BCUT2D eigenvalue weighted by atomic mass is 9.83. The van der Waals surface area contributed by atoms with E-state index in [1.54, 1.807) is 0 Å². The summed E-state index contributed by atoms with van der Waals surface area (Å²) in [6, 6.07) is 3.36. The molecule has 0 aliphatic rings. The molecule has 0 saturated carbocycles. The van der Waals surface area contributed by atoms with Gasteiger partial charge in [0, 0.05) is 19.6 Å². The van der Waals surface area contributed by atoms with Crippen molar-refractivity contribution in [3.05, 3.63) is 35.4 Å². The van der Waals surface area contributed by atoms with Crippen molar-refractivity contribution in [2.24, 2.45) is 5.41 Å². The normalized spacial score (nSPS) is 15.5. The summed E-state index contributed by atoms with van der Waals surface area (Å²) in [5.74, 6) is -1.26. The number of methoxy groups -OCH3 is 1. The van der Waals surface area contributed by atoms with Gasteiger partial charge in [-0.3, -0.25) is 0 Å². The molecule has 0 aromatic heterocycles. The number of hydrogen-bond acceptors (Lipinski definition) is 2. The third kappa shape index (κ3) is 3.75. The van der Waals surface area contributed by atoms with Crippen LogP contribution >= 0.6 is 0 Å². The molecule has 0 radical (unpaired) electrons. The van der Waals surface area contributed by atoms with Crippen LogP contribution in [0, 0.1) is 17.0 Å². The third-order valence-electron chi connectivity index (χ3n) is 2.90. The minimum atomic E-state index is -0.838. The van der Waals surface area contributed by atoms with E-state index in [4.69, 9.17) is 4.74 Å². The zero-order valence-corrected chi connectivity index (χ0v) is 11.2. The summed E-state index contributed by atoms with van der Waals surface area (Å²) in [5.41, 5.74) is 0.0280. The summed E-state index contributed by atoms with van der Waals surface area (Å²) in [6.45, 7) is 5.81. The lowest BCUT2D eigenvalue weighted by Gasteiger charge is -2.33. The highest BCUT2D eigenvalue weighted by atomic mass is 19.1. The summed E-state index contributed by atoms with van der Waals surface area (Å²) < 4.78 is 31.5. The minimum absolute atomic E-state index is 0.0991. The van der Waals surface area contributed by atoms with Crippen LogP contribution in [-0.2, 0) is 11.2 Å². The van der Waals surface area contributed by atoms with Crippen LogP contribution in [-0.4, -0.2) is 24.4 Å². The number of hydrogen-bond donors (Lipinski definition) is 1. The lowest BCUT2D eigenvalue weighted by Crippen LogP contribution is -2.40. The molecule has 1 aromatic carbocycles. The largest absolute Gasteiger partial charge is 0.390 e. The number of aliphatic hydroxyl groups excluding tert-OH is 1. The zero-order valence-electron chi connectivity index (χ0n) is 11.2. The standard InChI is InChI=1S/C14H20F2O2/c1-14(2,3)13(18-4)12(17)7-9-5-6-10(15)8-11(9)16/h5-6,8,12-13,17H,7H2,1-4H3. The second-order valence-electron chi connectivity index (χ2n) is 5.53. The summed E-state index contributed by atoms with van der Waals surface area (Å²) in [5, 5.41) is 10.1. The average molecular weight is 258 g/mol. The second-order valence-corrected chi connectivity index (χ2v) is 5.53. The number of aliphatic hydroxyl groups is 1. The molecule has 0 bridgehead atoms. The monoisotopic (exact) mass is 258 g/mol. The Morgan fingerprint density at radius 3 is 2.33 bits per heavy atom. The molecule has 4 heteroatoms. The van der Waals surface area contributed by atoms with Crippen molar-refractivity contribution >= 4 is 0 Å². The van der Waals surface area contributed by atoms with E-state index in [1.807, 2.05) is 20.8 Å². The first kappa shape index (κ1) is 15.1. The Kier molecular flexibility index (Phi) is 4.82. The van der Waals surface area contributed by atoms with Gasteiger partial charge in [0.1, 0.15) is 11.6 Å². The van der Waals surface area contributed by atoms with Crippen molar-refractivity contribution < 1.29 is 18.6 Å². The molecule has 2 unspecified atom stereocenters.